The molecule has 24 heavy (non-hydrogen) atoms. The molecule has 4 aliphatic rings. The van der Waals surface area contributed by atoms with E-state index in [1.807, 2.05) is 24.3 Å². The van der Waals surface area contributed by atoms with Crippen molar-refractivity contribution in [3.8, 4) is 17.4 Å². The van der Waals surface area contributed by atoms with Crippen LogP contribution in [0.5, 0.6) is 11.8 Å². The summed E-state index contributed by atoms with van der Waals surface area (Å²) in [5.74, 6) is 2.89. The Morgan fingerprint density at radius 1 is 0.792 bits per heavy atom. The lowest BCUT2D eigenvalue weighted by molar-refractivity contribution is 0.322. The average Bonchev–Trinajstić information content (AvgIpc) is 3.39. The van der Waals surface area contributed by atoms with Gasteiger partial charge in [0.2, 0.25) is 11.8 Å². The molecule has 1 aromatic heterocycles. The Morgan fingerprint density at radius 3 is 2.12 bits per heavy atom. The quantitative estimate of drug-likeness (QED) is 0.686. The third kappa shape index (κ3) is 1.40. The fourth-order valence-electron chi connectivity index (χ4n) is 5.61. The number of aromatic hydroxyl groups is 2. The van der Waals surface area contributed by atoms with Crippen LogP contribution in [0.1, 0.15) is 42.2 Å². The summed E-state index contributed by atoms with van der Waals surface area (Å²) in [4.78, 5) is 0. The van der Waals surface area contributed by atoms with Crippen molar-refractivity contribution in [3.63, 3.8) is 0 Å². The van der Waals surface area contributed by atoms with Gasteiger partial charge in [-0.2, -0.15) is 0 Å². The van der Waals surface area contributed by atoms with Gasteiger partial charge in [0.1, 0.15) is 0 Å². The van der Waals surface area contributed by atoms with Gasteiger partial charge in [0, 0.05) is 16.5 Å². The third-order valence-corrected chi connectivity index (χ3v) is 6.66. The summed E-state index contributed by atoms with van der Waals surface area (Å²) < 4.78 is 1.68. The van der Waals surface area contributed by atoms with E-state index in [0.717, 1.165) is 52.3 Å². The number of benzene rings is 2. The van der Waals surface area contributed by atoms with Crippen LogP contribution >= 0.6 is 0 Å². The second-order valence-electron chi connectivity index (χ2n) is 7.66. The minimum atomic E-state index is 0.263. The Morgan fingerprint density at radius 2 is 1.42 bits per heavy atom. The largest absolute Gasteiger partial charge is 0.494 e. The van der Waals surface area contributed by atoms with Gasteiger partial charge in [-0.1, -0.05) is 36.4 Å². The Hall–Kier alpha value is -2.42. The van der Waals surface area contributed by atoms with Crippen molar-refractivity contribution < 1.29 is 10.2 Å². The summed E-state index contributed by atoms with van der Waals surface area (Å²) in [6.07, 6.45) is 3.59. The molecule has 7 rings (SSSR count). The van der Waals surface area contributed by atoms with E-state index in [-0.39, 0.29) is 11.8 Å². The van der Waals surface area contributed by atoms with Crippen LogP contribution in [0.3, 0.4) is 0 Å². The molecule has 1 heterocycles. The molecule has 0 amide bonds. The van der Waals surface area contributed by atoms with Crippen LogP contribution in [0.25, 0.3) is 16.5 Å². The zero-order valence-electron chi connectivity index (χ0n) is 13.3. The summed E-state index contributed by atoms with van der Waals surface area (Å²) in [5.41, 5.74) is 2.94. The maximum absolute atomic E-state index is 11.0. The molecule has 0 saturated heterocycles. The molecule has 2 aromatic carbocycles. The van der Waals surface area contributed by atoms with E-state index < -0.39 is 0 Å². The molecule has 3 aromatic rings. The van der Waals surface area contributed by atoms with Gasteiger partial charge >= 0.3 is 0 Å². The normalized spacial score (nSPS) is 29.5. The van der Waals surface area contributed by atoms with Crippen molar-refractivity contribution in [1.29, 1.82) is 0 Å². The molecule has 0 aliphatic heterocycles. The first kappa shape index (κ1) is 12.9. The van der Waals surface area contributed by atoms with Crippen LogP contribution in [0, 0.1) is 11.8 Å². The lowest BCUT2D eigenvalue weighted by atomic mass is 9.68. The summed E-state index contributed by atoms with van der Waals surface area (Å²) in [7, 11) is 0. The Kier molecular flexibility index (Phi) is 2.24. The lowest BCUT2D eigenvalue weighted by Gasteiger charge is -2.35. The number of nitrogens with zero attached hydrogens (tertiary/aromatic N) is 1. The molecule has 2 saturated carbocycles. The monoisotopic (exact) mass is 317 g/mol. The van der Waals surface area contributed by atoms with Gasteiger partial charge < -0.3 is 10.2 Å². The number of rotatable bonds is 1. The molecule has 2 bridgehead atoms. The summed E-state index contributed by atoms with van der Waals surface area (Å²) in [5, 5.41) is 24.2. The van der Waals surface area contributed by atoms with E-state index in [2.05, 4.69) is 18.2 Å². The van der Waals surface area contributed by atoms with Crippen molar-refractivity contribution in [2.24, 2.45) is 11.8 Å². The van der Waals surface area contributed by atoms with Gasteiger partial charge in [-0.05, 0) is 54.4 Å². The Bertz CT molecular complexity index is 958. The molecule has 2 N–H and O–H groups in total. The van der Waals surface area contributed by atoms with Gasteiger partial charge in [0.15, 0.2) is 0 Å². The smallest absolute Gasteiger partial charge is 0.202 e. The van der Waals surface area contributed by atoms with E-state index in [1.165, 1.54) is 6.42 Å². The van der Waals surface area contributed by atoms with Crippen molar-refractivity contribution in [3.05, 3.63) is 53.6 Å². The maximum atomic E-state index is 11.0. The van der Waals surface area contributed by atoms with Crippen molar-refractivity contribution >= 4 is 10.8 Å². The van der Waals surface area contributed by atoms with E-state index in [1.54, 1.807) is 4.57 Å². The highest BCUT2D eigenvalue weighted by molar-refractivity contribution is 5.91. The fraction of sp³-hybridized carbons (Fsp3) is 0.333. The van der Waals surface area contributed by atoms with E-state index in [0.29, 0.717) is 11.8 Å². The molecule has 120 valence electrons. The van der Waals surface area contributed by atoms with Gasteiger partial charge in [-0.15, -0.1) is 0 Å². The summed E-state index contributed by atoms with van der Waals surface area (Å²) in [6, 6.07) is 14.2. The summed E-state index contributed by atoms with van der Waals surface area (Å²) >= 11 is 0. The molecule has 3 heteroatoms. The predicted octanol–water partition coefficient (Wildman–Crippen LogP) is 4.65. The van der Waals surface area contributed by atoms with Gasteiger partial charge in [0.25, 0.3) is 0 Å². The Labute approximate surface area is 140 Å². The molecule has 2 fully saturated rings. The topological polar surface area (TPSA) is 45.4 Å². The van der Waals surface area contributed by atoms with E-state index in [9.17, 15) is 10.2 Å². The van der Waals surface area contributed by atoms with Crippen LogP contribution in [0.15, 0.2) is 42.5 Å². The van der Waals surface area contributed by atoms with Gasteiger partial charge in [-0.3, -0.25) is 4.57 Å². The molecule has 4 aliphatic carbocycles. The number of hydrogen-bond donors (Lipinski definition) is 2. The molecule has 0 unspecified atom stereocenters. The van der Waals surface area contributed by atoms with Crippen molar-refractivity contribution in [2.45, 2.75) is 31.1 Å². The minimum Gasteiger partial charge on any atom is -0.494 e. The number of fused-ring (bicyclic) bond motifs is 2. The van der Waals surface area contributed by atoms with E-state index >= 15 is 0 Å². The molecule has 0 radical (unpaired) electrons. The maximum Gasteiger partial charge on any atom is 0.202 e. The molecular formula is C21H19NO2. The zero-order valence-corrected chi connectivity index (χ0v) is 13.3. The minimum absolute atomic E-state index is 0.263. The van der Waals surface area contributed by atoms with Crippen LogP contribution in [0.4, 0.5) is 0 Å². The molecule has 4 atom stereocenters. The van der Waals surface area contributed by atoms with Crippen LogP contribution in [0.2, 0.25) is 0 Å². The van der Waals surface area contributed by atoms with E-state index in [4.69, 9.17) is 0 Å². The average molecular weight is 317 g/mol. The second-order valence-corrected chi connectivity index (χ2v) is 7.66. The zero-order chi connectivity index (χ0) is 16.0. The van der Waals surface area contributed by atoms with Crippen molar-refractivity contribution in [2.75, 3.05) is 0 Å². The molecular weight excluding hydrogens is 298 g/mol. The lowest BCUT2D eigenvalue weighted by Crippen LogP contribution is -2.22. The fourth-order valence-corrected chi connectivity index (χ4v) is 5.61. The first-order valence-electron chi connectivity index (χ1n) is 8.90. The first-order chi connectivity index (χ1) is 11.8. The number of aromatic nitrogens is 1. The second kappa shape index (κ2) is 4.15. The highest BCUT2D eigenvalue weighted by Gasteiger charge is 2.58. The first-order valence-corrected chi connectivity index (χ1v) is 8.90. The van der Waals surface area contributed by atoms with Crippen LogP contribution < -0.4 is 0 Å². The third-order valence-electron chi connectivity index (χ3n) is 6.66. The summed E-state index contributed by atoms with van der Waals surface area (Å²) in [6.45, 7) is 0. The number of hydrogen-bond acceptors (Lipinski definition) is 2. The predicted molar refractivity (Wildman–Crippen MR) is 92.9 cm³/mol. The molecule has 3 nitrogen and oxygen atoms in total. The standard InChI is InChI=1S/C21H19NO2/c23-20-18-13-8-9-14(16-10-15(13)16)19(18)21(24)22(20)17-7-3-5-11-4-1-2-6-12(11)17/h1-7,13-16,23-24H,8-10H2/t13-,14+,15+,16-. The molecule has 0 spiro atoms. The highest BCUT2D eigenvalue weighted by atomic mass is 16.3. The van der Waals surface area contributed by atoms with Crippen LogP contribution in [-0.4, -0.2) is 14.8 Å². The van der Waals surface area contributed by atoms with Crippen LogP contribution in [-0.2, 0) is 0 Å². The van der Waals surface area contributed by atoms with Crippen molar-refractivity contribution in [1.82, 2.24) is 4.57 Å². The Balaban J connectivity index is 1.66. The SMILES string of the molecule is Oc1c2c(c(O)n1-c1cccc3ccccc13)[C@@H]1CC[C@H]2[C@H]2C[C@H]21. The van der Waals surface area contributed by atoms with Gasteiger partial charge in [0.05, 0.1) is 5.69 Å². The van der Waals surface area contributed by atoms with Gasteiger partial charge in [-0.25, -0.2) is 0 Å². The highest BCUT2D eigenvalue weighted by Crippen LogP contribution is 2.70.